The van der Waals surface area contributed by atoms with E-state index in [9.17, 15) is 0 Å². The van der Waals surface area contributed by atoms with Gasteiger partial charge in [-0.1, -0.05) is 23.2 Å². The van der Waals surface area contributed by atoms with Gasteiger partial charge in [-0.3, -0.25) is 0 Å². The summed E-state index contributed by atoms with van der Waals surface area (Å²) in [5.41, 5.74) is 0. The van der Waals surface area contributed by atoms with Gasteiger partial charge in [0.25, 0.3) is 0 Å². The van der Waals surface area contributed by atoms with Crippen LogP contribution in [-0.4, -0.2) is 29.3 Å². The third-order valence-corrected chi connectivity index (χ3v) is 2.94. The molecule has 0 aliphatic carbocycles. The molecule has 0 amide bonds. The Labute approximate surface area is 118 Å². The molecule has 1 atom stereocenters. The molecule has 18 heavy (non-hydrogen) atoms. The summed E-state index contributed by atoms with van der Waals surface area (Å²) in [6.45, 7) is 5.21. The van der Waals surface area contributed by atoms with Gasteiger partial charge in [0, 0.05) is 13.1 Å². The standard InChI is InChI=1S/C12H19Cl2N3O/c1-3-15-11-9(13)7-10(14)12(17-11)16-6-4-5-8(2)18/h7-8,18H,3-6H2,1-2H3,(H2,15,16,17). The summed E-state index contributed by atoms with van der Waals surface area (Å²) in [6, 6.07) is 1.67. The summed E-state index contributed by atoms with van der Waals surface area (Å²) in [5.74, 6) is 1.24. The molecular weight excluding hydrogens is 273 g/mol. The molecule has 4 nitrogen and oxygen atoms in total. The van der Waals surface area contributed by atoms with Crippen molar-refractivity contribution in [3.05, 3.63) is 16.1 Å². The SMILES string of the molecule is CCNc1nc(NCCCC(C)O)c(Cl)cc1Cl. The molecule has 1 unspecified atom stereocenters. The van der Waals surface area contributed by atoms with Crippen LogP contribution in [0.3, 0.4) is 0 Å². The molecule has 0 aliphatic heterocycles. The summed E-state index contributed by atoms with van der Waals surface area (Å²) in [5, 5.41) is 16.4. The van der Waals surface area contributed by atoms with Gasteiger partial charge in [0.05, 0.1) is 16.1 Å². The lowest BCUT2D eigenvalue weighted by molar-refractivity contribution is 0.183. The smallest absolute Gasteiger partial charge is 0.147 e. The van der Waals surface area contributed by atoms with Crippen LogP contribution < -0.4 is 10.6 Å². The highest BCUT2D eigenvalue weighted by Crippen LogP contribution is 2.29. The summed E-state index contributed by atoms with van der Waals surface area (Å²) >= 11 is 12.1. The highest BCUT2D eigenvalue weighted by atomic mass is 35.5. The first kappa shape index (κ1) is 15.3. The van der Waals surface area contributed by atoms with Crippen LogP contribution in [0, 0.1) is 0 Å². The van der Waals surface area contributed by atoms with Crippen molar-refractivity contribution >= 4 is 34.8 Å². The van der Waals surface area contributed by atoms with E-state index in [1.165, 1.54) is 0 Å². The van der Waals surface area contributed by atoms with Gasteiger partial charge < -0.3 is 15.7 Å². The van der Waals surface area contributed by atoms with Crippen molar-refractivity contribution in [2.45, 2.75) is 32.8 Å². The summed E-state index contributed by atoms with van der Waals surface area (Å²) < 4.78 is 0. The lowest BCUT2D eigenvalue weighted by atomic mass is 10.2. The van der Waals surface area contributed by atoms with Crippen LogP contribution in [0.1, 0.15) is 26.7 Å². The van der Waals surface area contributed by atoms with Gasteiger partial charge in [-0.25, -0.2) is 4.98 Å². The van der Waals surface area contributed by atoms with E-state index in [2.05, 4.69) is 15.6 Å². The quantitative estimate of drug-likeness (QED) is 0.674. The van der Waals surface area contributed by atoms with E-state index in [4.69, 9.17) is 28.3 Å². The molecule has 0 saturated carbocycles. The third kappa shape index (κ3) is 4.88. The Bertz CT molecular complexity index is 386. The molecule has 0 aliphatic rings. The van der Waals surface area contributed by atoms with Gasteiger partial charge in [0.1, 0.15) is 11.6 Å². The van der Waals surface area contributed by atoms with Gasteiger partial charge in [-0.15, -0.1) is 0 Å². The van der Waals surface area contributed by atoms with Gasteiger partial charge in [0.15, 0.2) is 0 Å². The molecule has 102 valence electrons. The molecule has 1 aromatic heterocycles. The number of aromatic nitrogens is 1. The molecule has 3 N–H and O–H groups in total. The molecule has 1 aromatic rings. The Morgan fingerprint density at radius 2 is 1.89 bits per heavy atom. The number of nitrogens with one attached hydrogen (secondary N) is 2. The molecule has 0 spiro atoms. The number of nitrogens with zero attached hydrogens (tertiary/aromatic N) is 1. The molecule has 0 bridgehead atoms. The normalized spacial score (nSPS) is 12.3. The lowest BCUT2D eigenvalue weighted by Gasteiger charge is -2.12. The van der Waals surface area contributed by atoms with Crippen molar-refractivity contribution in [3.8, 4) is 0 Å². The van der Waals surface area contributed by atoms with E-state index >= 15 is 0 Å². The Balaban J connectivity index is 2.61. The number of rotatable bonds is 7. The van der Waals surface area contributed by atoms with Gasteiger partial charge in [-0.05, 0) is 32.8 Å². The van der Waals surface area contributed by atoms with E-state index < -0.39 is 0 Å². The number of anilines is 2. The van der Waals surface area contributed by atoms with Crippen LogP contribution in [0.2, 0.25) is 10.0 Å². The average molecular weight is 292 g/mol. The second-order valence-corrected chi connectivity index (χ2v) is 4.91. The monoisotopic (exact) mass is 291 g/mol. The average Bonchev–Trinajstić information content (AvgIpc) is 2.29. The molecular formula is C12H19Cl2N3O. The fraction of sp³-hybridized carbons (Fsp3) is 0.583. The zero-order valence-corrected chi connectivity index (χ0v) is 12.1. The van der Waals surface area contributed by atoms with Crippen LogP contribution in [0.25, 0.3) is 0 Å². The van der Waals surface area contributed by atoms with Crippen LogP contribution >= 0.6 is 23.2 Å². The number of hydrogen-bond acceptors (Lipinski definition) is 4. The van der Waals surface area contributed by atoms with E-state index in [1.807, 2.05) is 6.92 Å². The minimum Gasteiger partial charge on any atom is -0.393 e. The van der Waals surface area contributed by atoms with E-state index in [0.29, 0.717) is 28.2 Å². The molecule has 1 rings (SSSR count). The topological polar surface area (TPSA) is 57.2 Å². The summed E-state index contributed by atoms with van der Waals surface area (Å²) in [7, 11) is 0. The zero-order valence-electron chi connectivity index (χ0n) is 10.6. The first-order chi connectivity index (χ1) is 8.54. The minimum atomic E-state index is -0.280. The maximum atomic E-state index is 9.16. The highest BCUT2D eigenvalue weighted by molar-refractivity contribution is 6.37. The highest BCUT2D eigenvalue weighted by Gasteiger charge is 2.08. The number of hydrogen-bond donors (Lipinski definition) is 3. The van der Waals surface area contributed by atoms with Gasteiger partial charge in [-0.2, -0.15) is 0 Å². The Hall–Kier alpha value is -0.710. The van der Waals surface area contributed by atoms with Crippen molar-refractivity contribution in [2.75, 3.05) is 23.7 Å². The van der Waals surface area contributed by atoms with Crippen LogP contribution in [0.5, 0.6) is 0 Å². The second-order valence-electron chi connectivity index (χ2n) is 4.10. The first-order valence-corrected chi connectivity index (χ1v) is 6.82. The van der Waals surface area contributed by atoms with Crippen molar-refractivity contribution in [3.63, 3.8) is 0 Å². The fourth-order valence-corrected chi connectivity index (χ4v) is 1.98. The predicted molar refractivity (Wildman–Crippen MR) is 77.8 cm³/mol. The second kappa shape index (κ2) is 7.67. The van der Waals surface area contributed by atoms with Gasteiger partial charge in [0.2, 0.25) is 0 Å². The Morgan fingerprint density at radius 1 is 1.28 bits per heavy atom. The van der Waals surface area contributed by atoms with E-state index in [1.54, 1.807) is 13.0 Å². The first-order valence-electron chi connectivity index (χ1n) is 6.06. The van der Waals surface area contributed by atoms with Crippen molar-refractivity contribution in [1.29, 1.82) is 0 Å². The lowest BCUT2D eigenvalue weighted by Crippen LogP contribution is -2.09. The number of pyridine rings is 1. The number of halogens is 2. The van der Waals surface area contributed by atoms with Crippen molar-refractivity contribution in [2.24, 2.45) is 0 Å². The molecule has 0 fully saturated rings. The molecule has 1 heterocycles. The fourth-order valence-electron chi connectivity index (χ4n) is 1.49. The van der Waals surface area contributed by atoms with E-state index in [-0.39, 0.29) is 6.10 Å². The Morgan fingerprint density at radius 3 is 2.44 bits per heavy atom. The van der Waals surface area contributed by atoms with Crippen molar-refractivity contribution < 1.29 is 5.11 Å². The van der Waals surface area contributed by atoms with Crippen LogP contribution in [0.15, 0.2) is 6.07 Å². The zero-order chi connectivity index (χ0) is 13.5. The van der Waals surface area contributed by atoms with Gasteiger partial charge >= 0.3 is 0 Å². The largest absolute Gasteiger partial charge is 0.393 e. The maximum absolute atomic E-state index is 9.16. The molecule has 0 radical (unpaired) electrons. The summed E-state index contributed by atoms with van der Waals surface area (Å²) in [4.78, 5) is 4.33. The maximum Gasteiger partial charge on any atom is 0.147 e. The molecule has 0 saturated heterocycles. The minimum absolute atomic E-state index is 0.280. The number of aliphatic hydroxyl groups is 1. The van der Waals surface area contributed by atoms with Crippen LogP contribution in [-0.2, 0) is 0 Å². The molecule has 0 aromatic carbocycles. The Kier molecular flexibility index (Phi) is 6.54. The summed E-state index contributed by atoms with van der Waals surface area (Å²) in [6.07, 6.45) is 1.32. The molecule has 6 heteroatoms. The number of aliphatic hydroxyl groups excluding tert-OH is 1. The van der Waals surface area contributed by atoms with Crippen molar-refractivity contribution in [1.82, 2.24) is 4.98 Å². The van der Waals surface area contributed by atoms with Crippen LogP contribution in [0.4, 0.5) is 11.6 Å². The predicted octanol–water partition coefficient (Wildman–Crippen LogP) is 3.39. The van der Waals surface area contributed by atoms with E-state index in [0.717, 1.165) is 19.4 Å². The third-order valence-electron chi connectivity index (χ3n) is 2.36.